The summed E-state index contributed by atoms with van der Waals surface area (Å²) in [6.07, 6.45) is 1.33. The number of benzene rings is 2. The first-order valence-electron chi connectivity index (χ1n) is 8.57. The van der Waals surface area contributed by atoms with Gasteiger partial charge in [0, 0.05) is 37.2 Å². The lowest BCUT2D eigenvalue weighted by molar-refractivity contribution is -0.116. The third-order valence-electron chi connectivity index (χ3n) is 4.68. The van der Waals surface area contributed by atoms with Gasteiger partial charge in [-0.3, -0.25) is 9.59 Å². The molecule has 2 aliphatic heterocycles. The standard InChI is InChI=1S/C20H20N2O3/c1-13-10-15-11-16(6-7-18(15)25-13)21-19(23)8-9-22-12-14-4-2-3-5-17(14)20(22)24/h2-7,11,13H,8-10,12H2,1H3,(H,21,23). The largest absolute Gasteiger partial charge is 0.490 e. The Morgan fingerprint density at radius 3 is 2.92 bits per heavy atom. The lowest BCUT2D eigenvalue weighted by Gasteiger charge is -2.15. The van der Waals surface area contributed by atoms with Crippen LogP contribution in [0.25, 0.3) is 0 Å². The third-order valence-corrected chi connectivity index (χ3v) is 4.68. The molecule has 0 aromatic heterocycles. The van der Waals surface area contributed by atoms with E-state index in [0.717, 1.165) is 34.5 Å². The van der Waals surface area contributed by atoms with Gasteiger partial charge in [-0.25, -0.2) is 0 Å². The van der Waals surface area contributed by atoms with E-state index in [0.29, 0.717) is 13.1 Å². The van der Waals surface area contributed by atoms with E-state index in [2.05, 4.69) is 5.32 Å². The summed E-state index contributed by atoms with van der Waals surface area (Å²) in [6.45, 7) is 3.03. The Hall–Kier alpha value is -2.82. The van der Waals surface area contributed by atoms with E-state index in [1.54, 1.807) is 4.90 Å². The Morgan fingerprint density at radius 2 is 2.08 bits per heavy atom. The fourth-order valence-corrected chi connectivity index (χ4v) is 3.45. The van der Waals surface area contributed by atoms with Gasteiger partial charge in [0.25, 0.3) is 5.91 Å². The molecule has 1 unspecified atom stereocenters. The zero-order chi connectivity index (χ0) is 17.4. The first-order valence-corrected chi connectivity index (χ1v) is 8.57. The molecule has 5 heteroatoms. The fraction of sp³-hybridized carbons (Fsp3) is 0.300. The minimum absolute atomic E-state index is 0.00654. The van der Waals surface area contributed by atoms with Gasteiger partial charge < -0.3 is 15.0 Å². The number of fused-ring (bicyclic) bond motifs is 2. The van der Waals surface area contributed by atoms with Gasteiger partial charge in [0.1, 0.15) is 11.9 Å². The predicted octanol–water partition coefficient (Wildman–Crippen LogP) is 2.99. The first-order chi connectivity index (χ1) is 12.1. The van der Waals surface area contributed by atoms with Crippen molar-refractivity contribution in [3.63, 3.8) is 0 Å². The van der Waals surface area contributed by atoms with Crippen molar-refractivity contribution in [1.82, 2.24) is 4.90 Å². The van der Waals surface area contributed by atoms with Crippen molar-refractivity contribution in [2.75, 3.05) is 11.9 Å². The molecule has 0 aliphatic carbocycles. The number of carbonyl (C=O) groups is 2. The van der Waals surface area contributed by atoms with Gasteiger partial charge in [0.2, 0.25) is 5.91 Å². The highest BCUT2D eigenvalue weighted by Crippen LogP contribution is 2.31. The second-order valence-electron chi connectivity index (χ2n) is 6.64. The van der Waals surface area contributed by atoms with Gasteiger partial charge in [-0.2, -0.15) is 0 Å². The number of hydrogen-bond donors (Lipinski definition) is 1. The molecule has 0 bridgehead atoms. The van der Waals surface area contributed by atoms with Crippen LogP contribution < -0.4 is 10.1 Å². The van der Waals surface area contributed by atoms with Crippen LogP contribution in [-0.4, -0.2) is 29.4 Å². The van der Waals surface area contributed by atoms with E-state index in [1.165, 1.54) is 0 Å². The summed E-state index contributed by atoms with van der Waals surface area (Å²) in [5.41, 5.74) is 3.67. The Morgan fingerprint density at radius 1 is 1.24 bits per heavy atom. The molecule has 0 radical (unpaired) electrons. The summed E-state index contributed by atoms with van der Waals surface area (Å²) in [4.78, 5) is 26.3. The SMILES string of the molecule is CC1Cc2cc(NC(=O)CCN3Cc4ccccc4C3=O)ccc2O1. The van der Waals surface area contributed by atoms with Crippen molar-refractivity contribution in [3.05, 3.63) is 59.2 Å². The molecule has 5 nitrogen and oxygen atoms in total. The maximum absolute atomic E-state index is 12.3. The maximum atomic E-state index is 12.3. The average molecular weight is 336 g/mol. The van der Waals surface area contributed by atoms with E-state index in [4.69, 9.17) is 4.74 Å². The molecule has 4 rings (SSSR count). The highest BCUT2D eigenvalue weighted by Gasteiger charge is 2.26. The van der Waals surface area contributed by atoms with Gasteiger partial charge in [0.15, 0.2) is 0 Å². The smallest absolute Gasteiger partial charge is 0.254 e. The number of ether oxygens (including phenoxy) is 1. The molecule has 2 amide bonds. The van der Waals surface area contributed by atoms with Crippen LogP contribution in [0.4, 0.5) is 5.69 Å². The summed E-state index contributed by atoms with van der Waals surface area (Å²) >= 11 is 0. The molecular weight excluding hydrogens is 316 g/mol. The second kappa shape index (κ2) is 6.24. The van der Waals surface area contributed by atoms with Crippen LogP contribution in [0, 0.1) is 0 Å². The predicted molar refractivity (Wildman–Crippen MR) is 94.7 cm³/mol. The monoisotopic (exact) mass is 336 g/mol. The molecule has 1 N–H and O–H groups in total. The number of rotatable bonds is 4. The molecule has 0 fully saturated rings. The average Bonchev–Trinajstić information content (AvgIpc) is 3.12. The van der Waals surface area contributed by atoms with Crippen LogP contribution in [-0.2, 0) is 17.8 Å². The highest BCUT2D eigenvalue weighted by molar-refractivity contribution is 5.98. The third kappa shape index (κ3) is 3.09. The molecule has 25 heavy (non-hydrogen) atoms. The van der Waals surface area contributed by atoms with E-state index in [9.17, 15) is 9.59 Å². The summed E-state index contributed by atoms with van der Waals surface area (Å²) in [7, 11) is 0. The zero-order valence-corrected chi connectivity index (χ0v) is 14.1. The lowest BCUT2D eigenvalue weighted by Crippen LogP contribution is -2.28. The summed E-state index contributed by atoms with van der Waals surface area (Å²) in [5, 5.41) is 2.91. The van der Waals surface area contributed by atoms with Crippen LogP contribution >= 0.6 is 0 Å². The van der Waals surface area contributed by atoms with Crippen LogP contribution in [0.1, 0.15) is 34.8 Å². The van der Waals surface area contributed by atoms with Gasteiger partial charge in [-0.15, -0.1) is 0 Å². The van der Waals surface area contributed by atoms with Crippen LogP contribution in [0.5, 0.6) is 5.75 Å². The van der Waals surface area contributed by atoms with Crippen molar-refractivity contribution in [1.29, 1.82) is 0 Å². The van der Waals surface area contributed by atoms with E-state index >= 15 is 0 Å². The van der Waals surface area contributed by atoms with Gasteiger partial charge >= 0.3 is 0 Å². The molecule has 2 aromatic carbocycles. The molecule has 2 aliphatic rings. The number of nitrogens with zero attached hydrogens (tertiary/aromatic N) is 1. The number of carbonyl (C=O) groups excluding carboxylic acids is 2. The minimum Gasteiger partial charge on any atom is -0.490 e. The quantitative estimate of drug-likeness (QED) is 0.934. The van der Waals surface area contributed by atoms with Crippen molar-refractivity contribution < 1.29 is 14.3 Å². The Labute approximate surface area is 146 Å². The molecule has 2 aromatic rings. The summed E-state index contributed by atoms with van der Waals surface area (Å²) in [5.74, 6) is 0.814. The highest BCUT2D eigenvalue weighted by atomic mass is 16.5. The van der Waals surface area contributed by atoms with E-state index in [1.807, 2.05) is 49.4 Å². The minimum atomic E-state index is -0.0873. The van der Waals surface area contributed by atoms with Crippen LogP contribution in [0.15, 0.2) is 42.5 Å². The Bertz CT molecular complexity index is 847. The maximum Gasteiger partial charge on any atom is 0.254 e. The molecular formula is C20H20N2O3. The van der Waals surface area contributed by atoms with E-state index in [-0.39, 0.29) is 24.3 Å². The molecule has 128 valence electrons. The Kier molecular flexibility index (Phi) is 3.92. The molecule has 0 spiro atoms. The molecule has 1 atom stereocenters. The number of nitrogens with one attached hydrogen (secondary N) is 1. The molecule has 0 saturated heterocycles. The zero-order valence-electron chi connectivity index (χ0n) is 14.1. The van der Waals surface area contributed by atoms with Crippen molar-refractivity contribution >= 4 is 17.5 Å². The number of anilines is 1. The Balaban J connectivity index is 1.33. The second-order valence-corrected chi connectivity index (χ2v) is 6.64. The van der Waals surface area contributed by atoms with Crippen LogP contribution in [0.3, 0.4) is 0 Å². The summed E-state index contributed by atoms with van der Waals surface area (Å²) in [6, 6.07) is 13.3. The fourth-order valence-electron chi connectivity index (χ4n) is 3.45. The van der Waals surface area contributed by atoms with Gasteiger partial charge in [-0.1, -0.05) is 18.2 Å². The van der Waals surface area contributed by atoms with Crippen LogP contribution in [0.2, 0.25) is 0 Å². The topological polar surface area (TPSA) is 58.6 Å². The molecule has 0 saturated carbocycles. The van der Waals surface area contributed by atoms with Crippen molar-refractivity contribution in [3.8, 4) is 5.75 Å². The normalized spacial score (nSPS) is 17.9. The first kappa shape index (κ1) is 15.7. The van der Waals surface area contributed by atoms with Crippen molar-refractivity contribution in [2.24, 2.45) is 0 Å². The van der Waals surface area contributed by atoms with Gasteiger partial charge in [0.05, 0.1) is 0 Å². The number of hydrogen-bond acceptors (Lipinski definition) is 3. The van der Waals surface area contributed by atoms with Crippen molar-refractivity contribution in [2.45, 2.75) is 32.4 Å². The lowest BCUT2D eigenvalue weighted by atomic mass is 10.1. The van der Waals surface area contributed by atoms with E-state index < -0.39 is 0 Å². The van der Waals surface area contributed by atoms with Gasteiger partial charge in [-0.05, 0) is 42.3 Å². The number of amides is 2. The summed E-state index contributed by atoms with van der Waals surface area (Å²) < 4.78 is 5.67. The molecule has 2 heterocycles.